The number of nitrogens with one attached hydrogen (secondary N) is 1. The number of amides is 1. The quantitative estimate of drug-likeness (QED) is 0.909. The van der Waals surface area contributed by atoms with E-state index < -0.39 is 0 Å². The molecule has 2 atom stereocenters. The van der Waals surface area contributed by atoms with E-state index >= 15 is 0 Å². The number of hydrogen-bond donors (Lipinski definition) is 1. The number of hydrogen-bond acceptors (Lipinski definition) is 2. The number of aromatic nitrogens is 1. The van der Waals surface area contributed by atoms with Crippen LogP contribution in [-0.2, 0) is 0 Å². The molecule has 1 N–H and O–H groups in total. The molecule has 0 spiro atoms. The fourth-order valence-electron chi connectivity index (χ4n) is 3.83. The van der Waals surface area contributed by atoms with Crippen molar-refractivity contribution in [3.05, 3.63) is 24.0 Å². The third-order valence-electron chi connectivity index (χ3n) is 5.10. The first kappa shape index (κ1) is 14.6. The zero-order chi connectivity index (χ0) is 14.8. The van der Waals surface area contributed by atoms with Crippen molar-refractivity contribution in [3.8, 4) is 0 Å². The Morgan fingerprint density at radius 1 is 1.24 bits per heavy atom. The molecule has 1 amide bonds. The van der Waals surface area contributed by atoms with Gasteiger partial charge in [-0.15, -0.1) is 0 Å². The topological polar surface area (TPSA) is 37.3 Å². The minimum atomic E-state index is 0.220. The Hall–Kier alpha value is -1.29. The Kier molecular flexibility index (Phi) is 4.34. The van der Waals surface area contributed by atoms with Gasteiger partial charge in [0.2, 0.25) is 0 Å². The van der Waals surface area contributed by atoms with Crippen LogP contribution in [0, 0.1) is 5.92 Å². The van der Waals surface area contributed by atoms with E-state index in [4.69, 9.17) is 0 Å². The minimum Gasteiger partial charge on any atom is -0.340 e. The summed E-state index contributed by atoms with van der Waals surface area (Å²) in [6.45, 7) is 7.47. The van der Waals surface area contributed by atoms with Crippen LogP contribution in [0.4, 0.5) is 0 Å². The molecule has 2 unspecified atom stereocenters. The average molecular weight is 289 g/mol. The van der Waals surface area contributed by atoms with Gasteiger partial charge in [0, 0.05) is 24.8 Å². The van der Waals surface area contributed by atoms with Crippen LogP contribution in [0.25, 0.3) is 0 Å². The first-order chi connectivity index (χ1) is 10.2. The maximum Gasteiger partial charge on any atom is 0.270 e. The van der Waals surface area contributed by atoms with E-state index in [1.165, 1.54) is 0 Å². The molecule has 0 aromatic carbocycles. The number of nitrogens with zero attached hydrogens (tertiary/aromatic N) is 2. The highest BCUT2D eigenvalue weighted by atomic mass is 16.2. The standard InChI is InChI=1S/C17H27N3O/c1-13-7-11-19(14(2)12-13)17(21)16-4-3-10-20(16)15-5-8-18-9-6-15/h3-4,10,13-15,18H,5-9,11-12H2,1-2H3. The molecular weight excluding hydrogens is 262 g/mol. The van der Waals surface area contributed by atoms with Gasteiger partial charge in [0.05, 0.1) is 0 Å². The van der Waals surface area contributed by atoms with Crippen LogP contribution in [0.5, 0.6) is 0 Å². The van der Waals surface area contributed by atoms with Crippen LogP contribution >= 0.6 is 0 Å². The van der Waals surface area contributed by atoms with Crippen molar-refractivity contribution < 1.29 is 4.79 Å². The van der Waals surface area contributed by atoms with Crippen molar-refractivity contribution in [2.45, 2.75) is 51.6 Å². The smallest absolute Gasteiger partial charge is 0.270 e. The lowest BCUT2D eigenvalue weighted by Gasteiger charge is -2.37. The fraction of sp³-hybridized carbons (Fsp3) is 0.706. The molecule has 2 saturated heterocycles. The normalized spacial score (nSPS) is 27.8. The second kappa shape index (κ2) is 6.22. The Bertz CT molecular complexity index is 490. The van der Waals surface area contributed by atoms with E-state index in [9.17, 15) is 4.79 Å². The Morgan fingerprint density at radius 3 is 2.71 bits per heavy atom. The van der Waals surface area contributed by atoms with Gasteiger partial charge < -0.3 is 14.8 Å². The molecule has 4 nitrogen and oxygen atoms in total. The molecule has 1 aromatic rings. The van der Waals surface area contributed by atoms with Gasteiger partial charge in [-0.05, 0) is 63.7 Å². The number of rotatable bonds is 2. The number of likely N-dealkylation sites (tertiary alicyclic amines) is 1. The van der Waals surface area contributed by atoms with Crippen molar-refractivity contribution in [2.24, 2.45) is 5.92 Å². The molecule has 1 aromatic heterocycles. The lowest BCUT2D eigenvalue weighted by atomic mass is 9.93. The molecule has 0 bridgehead atoms. The summed E-state index contributed by atoms with van der Waals surface area (Å²) in [6.07, 6.45) is 6.56. The SMILES string of the molecule is CC1CCN(C(=O)c2cccn2C2CCNCC2)C(C)C1. The van der Waals surface area contributed by atoms with Crippen LogP contribution in [0.2, 0.25) is 0 Å². The summed E-state index contributed by atoms with van der Waals surface area (Å²) in [5, 5.41) is 3.39. The van der Waals surface area contributed by atoms with Crippen LogP contribution in [0.3, 0.4) is 0 Å². The maximum atomic E-state index is 12.9. The number of piperidine rings is 2. The molecule has 0 saturated carbocycles. The van der Waals surface area contributed by atoms with Gasteiger partial charge in [-0.2, -0.15) is 0 Å². The van der Waals surface area contributed by atoms with Crippen molar-refractivity contribution in [3.63, 3.8) is 0 Å². The van der Waals surface area contributed by atoms with E-state index in [1.807, 2.05) is 12.1 Å². The second-order valence-corrected chi connectivity index (χ2v) is 6.76. The van der Waals surface area contributed by atoms with Crippen LogP contribution in [0.1, 0.15) is 56.1 Å². The van der Waals surface area contributed by atoms with E-state index in [0.717, 1.165) is 56.9 Å². The highest BCUT2D eigenvalue weighted by Crippen LogP contribution is 2.26. The molecule has 2 fully saturated rings. The average Bonchev–Trinajstić information content (AvgIpc) is 2.97. The van der Waals surface area contributed by atoms with Gasteiger partial charge in [-0.25, -0.2) is 0 Å². The third kappa shape index (κ3) is 3.00. The predicted molar refractivity (Wildman–Crippen MR) is 84.5 cm³/mol. The Balaban J connectivity index is 1.77. The molecule has 3 rings (SSSR count). The minimum absolute atomic E-state index is 0.220. The lowest BCUT2D eigenvalue weighted by molar-refractivity contribution is 0.0574. The summed E-state index contributed by atoms with van der Waals surface area (Å²) in [5.41, 5.74) is 0.878. The molecule has 2 aliphatic heterocycles. The Labute approximate surface area is 127 Å². The number of carbonyl (C=O) groups excluding carboxylic acids is 1. The van der Waals surface area contributed by atoms with Gasteiger partial charge >= 0.3 is 0 Å². The van der Waals surface area contributed by atoms with Gasteiger partial charge in [0.1, 0.15) is 5.69 Å². The molecule has 0 radical (unpaired) electrons. The molecule has 4 heteroatoms. The Morgan fingerprint density at radius 2 is 2.00 bits per heavy atom. The maximum absolute atomic E-state index is 12.9. The van der Waals surface area contributed by atoms with Crippen molar-refractivity contribution in [1.82, 2.24) is 14.8 Å². The van der Waals surface area contributed by atoms with Gasteiger partial charge in [0.15, 0.2) is 0 Å². The van der Waals surface area contributed by atoms with E-state index in [2.05, 4.69) is 34.8 Å². The van der Waals surface area contributed by atoms with E-state index in [-0.39, 0.29) is 5.91 Å². The first-order valence-electron chi connectivity index (χ1n) is 8.35. The van der Waals surface area contributed by atoms with Crippen molar-refractivity contribution in [1.29, 1.82) is 0 Å². The molecule has 21 heavy (non-hydrogen) atoms. The monoisotopic (exact) mass is 289 g/mol. The van der Waals surface area contributed by atoms with Crippen molar-refractivity contribution in [2.75, 3.05) is 19.6 Å². The van der Waals surface area contributed by atoms with E-state index in [1.54, 1.807) is 0 Å². The largest absolute Gasteiger partial charge is 0.340 e. The van der Waals surface area contributed by atoms with Gasteiger partial charge in [-0.3, -0.25) is 4.79 Å². The molecule has 3 heterocycles. The zero-order valence-electron chi connectivity index (χ0n) is 13.2. The van der Waals surface area contributed by atoms with Crippen LogP contribution in [0.15, 0.2) is 18.3 Å². The predicted octanol–water partition coefficient (Wildman–Crippen LogP) is 2.67. The fourth-order valence-corrected chi connectivity index (χ4v) is 3.83. The number of carbonyl (C=O) groups is 1. The van der Waals surface area contributed by atoms with Gasteiger partial charge in [0.25, 0.3) is 5.91 Å². The summed E-state index contributed by atoms with van der Waals surface area (Å²) < 4.78 is 2.22. The van der Waals surface area contributed by atoms with E-state index in [0.29, 0.717) is 12.1 Å². The van der Waals surface area contributed by atoms with Crippen LogP contribution < -0.4 is 5.32 Å². The second-order valence-electron chi connectivity index (χ2n) is 6.76. The summed E-state index contributed by atoms with van der Waals surface area (Å²) >= 11 is 0. The summed E-state index contributed by atoms with van der Waals surface area (Å²) in [4.78, 5) is 15.0. The van der Waals surface area contributed by atoms with Gasteiger partial charge in [-0.1, -0.05) is 6.92 Å². The molecule has 0 aliphatic carbocycles. The van der Waals surface area contributed by atoms with Crippen molar-refractivity contribution >= 4 is 5.91 Å². The summed E-state index contributed by atoms with van der Waals surface area (Å²) in [6, 6.07) is 4.85. The summed E-state index contributed by atoms with van der Waals surface area (Å²) in [5.74, 6) is 0.957. The molecule has 116 valence electrons. The molecular formula is C17H27N3O. The molecule has 2 aliphatic rings. The highest BCUT2D eigenvalue weighted by molar-refractivity contribution is 5.93. The lowest BCUT2D eigenvalue weighted by Crippen LogP contribution is -2.45. The first-order valence-corrected chi connectivity index (χ1v) is 8.35. The third-order valence-corrected chi connectivity index (χ3v) is 5.10. The zero-order valence-corrected chi connectivity index (χ0v) is 13.2. The van der Waals surface area contributed by atoms with Crippen LogP contribution in [-0.4, -0.2) is 41.1 Å². The highest BCUT2D eigenvalue weighted by Gasteiger charge is 2.30. The summed E-state index contributed by atoms with van der Waals surface area (Å²) in [7, 11) is 0.